The van der Waals surface area contributed by atoms with Crippen molar-refractivity contribution in [3.05, 3.63) is 64.7 Å². The van der Waals surface area contributed by atoms with Gasteiger partial charge in [0.05, 0.1) is 0 Å². The summed E-state index contributed by atoms with van der Waals surface area (Å²) in [6, 6.07) is 16.1. The Morgan fingerprint density at radius 2 is 1.79 bits per heavy atom. The molecule has 0 spiro atoms. The summed E-state index contributed by atoms with van der Waals surface area (Å²) in [6.45, 7) is 1.76. The van der Waals surface area contributed by atoms with Crippen molar-refractivity contribution in [3.63, 3.8) is 0 Å². The van der Waals surface area contributed by atoms with Crippen LogP contribution in [-0.4, -0.2) is 18.5 Å². The van der Waals surface area contributed by atoms with Gasteiger partial charge in [-0.3, -0.25) is 0 Å². The third kappa shape index (κ3) is 3.98. The number of hydrogen-bond donors (Lipinski definition) is 1. The molecule has 2 rings (SSSR count). The Balaban J connectivity index is 1.93. The maximum atomic E-state index is 6.18. The first-order valence-electron chi connectivity index (χ1n) is 6.42. The minimum absolute atomic E-state index is 0.742. The summed E-state index contributed by atoms with van der Waals surface area (Å²) in [4.78, 5) is 2.24. The average Bonchev–Trinajstić information content (AvgIpc) is 2.42. The molecule has 0 bridgehead atoms. The highest BCUT2D eigenvalue weighted by Gasteiger charge is 2.07. The molecule has 2 aromatic carbocycles. The molecule has 2 aromatic rings. The molecule has 0 aliphatic rings. The predicted octanol–water partition coefficient (Wildman–Crippen LogP) is 3.60. The Kier molecular flexibility index (Phi) is 4.83. The molecule has 0 heterocycles. The Labute approximate surface area is 119 Å². The third-order valence-electron chi connectivity index (χ3n) is 3.21. The Morgan fingerprint density at radius 1 is 1.05 bits per heavy atom. The molecule has 0 fully saturated rings. The van der Waals surface area contributed by atoms with Gasteiger partial charge in [0.15, 0.2) is 0 Å². The van der Waals surface area contributed by atoms with Crippen LogP contribution in [0.15, 0.2) is 48.5 Å². The lowest BCUT2D eigenvalue weighted by atomic mass is 10.1. The highest BCUT2D eigenvalue weighted by atomic mass is 35.5. The summed E-state index contributed by atoms with van der Waals surface area (Å²) in [5.74, 6) is 0. The molecule has 19 heavy (non-hydrogen) atoms. The highest BCUT2D eigenvalue weighted by Crippen LogP contribution is 2.23. The largest absolute Gasteiger partial charge is 0.398 e. The molecule has 0 amide bonds. The monoisotopic (exact) mass is 274 g/mol. The Morgan fingerprint density at radius 3 is 2.47 bits per heavy atom. The van der Waals surface area contributed by atoms with Crippen molar-refractivity contribution in [2.45, 2.75) is 13.0 Å². The smallest absolute Gasteiger partial charge is 0.0471 e. The Bertz CT molecular complexity index is 505. The van der Waals surface area contributed by atoms with Crippen molar-refractivity contribution in [1.82, 2.24) is 4.90 Å². The molecule has 0 unspecified atom stereocenters. The number of likely N-dealkylation sites (N-methyl/N-ethyl adjacent to an activating group) is 1. The first kappa shape index (κ1) is 13.9. The van der Waals surface area contributed by atoms with Gasteiger partial charge >= 0.3 is 0 Å². The lowest BCUT2D eigenvalue weighted by Gasteiger charge is -2.18. The van der Waals surface area contributed by atoms with Crippen molar-refractivity contribution in [2.24, 2.45) is 0 Å². The fraction of sp³-hybridized carbons (Fsp3) is 0.250. The summed E-state index contributed by atoms with van der Waals surface area (Å²) < 4.78 is 0. The number of anilines is 1. The van der Waals surface area contributed by atoms with E-state index in [0.717, 1.165) is 35.8 Å². The van der Waals surface area contributed by atoms with Crippen LogP contribution in [0.3, 0.4) is 0 Å². The van der Waals surface area contributed by atoms with Crippen molar-refractivity contribution in [1.29, 1.82) is 0 Å². The number of rotatable bonds is 5. The van der Waals surface area contributed by atoms with Crippen LogP contribution >= 0.6 is 11.6 Å². The molecule has 0 atom stereocenters. The third-order valence-corrected chi connectivity index (χ3v) is 3.56. The maximum absolute atomic E-state index is 6.18. The summed E-state index contributed by atoms with van der Waals surface area (Å²) >= 11 is 6.18. The van der Waals surface area contributed by atoms with E-state index in [1.165, 1.54) is 5.56 Å². The molecular formula is C16H19ClN2. The van der Waals surface area contributed by atoms with Gasteiger partial charge in [-0.1, -0.05) is 48.0 Å². The van der Waals surface area contributed by atoms with E-state index in [2.05, 4.69) is 36.2 Å². The van der Waals surface area contributed by atoms with E-state index in [4.69, 9.17) is 17.3 Å². The lowest BCUT2D eigenvalue weighted by molar-refractivity contribution is 0.332. The summed E-state index contributed by atoms with van der Waals surface area (Å²) in [5.41, 5.74) is 9.09. The van der Waals surface area contributed by atoms with Crippen molar-refractivity contribution in [3.8, 4) is 0 Å². The topological polar surface area (TPSA) is 29.3 Å². The predicted molar refractivity (Wildman–Crippen MR) is 82.3 cm³/mol. The number of hydrogen-bond acceptors (Lipinski definition) is 2. The van der Waals surface area contributed by atoms with Crippen molar-refractivity contribution >= 4 is 17.3 Å². The lowest BCUT2D eigenvalue weighted by Crippen LogP contribution is -2.21. The van der Waals surface area contributed by atoms with Gasteiger partial charge in [-0.2, -0.15) is 0 Å². The second-order valence-corrected chi connectivity index (χ2v) is 5.19. The molecule has 0 saturated carbocycles. The van der Waals surface area contributed by atoms with E-state index in [9.17, 15) is 0 Å². The van der Waals surface area contributed by atoms with E-state index in [1.807, 2.05) is 24.3 Å². The molecule has 100 valence electrons. The maximum Gasteiger partial charge on any atom is 0.0471 e. The van der Waals surface area contributed by atoms with Crippen molar-refractivity contribution < 1.29 is 0 Å². The molecule has 3 heteroatoms. The van der Waals surface area contributed by atoms with E-state index >= 15 is 0 Å². The van der Waals surface area contributed by atoms with Gasteiger partial charge in [0.25, 0.3) is 0 Å². The molecule has 0 aliphatic heterocycles. The van der Waals surface area contributed by atoms with Gasteiger partial charge in [0.1, 0.15) is 0 Å². The number of nitrogens with zero attached hydrogens (tertiary/aromatic N) is 1. The fourth-order valence-corrected chi connectivity index (χ4v) is 2.30. The summed E-state index contributed by atoms with van der Waals surface area (Å²) in [5, 5.41) is 0.742. The zero-order valence-corrected chi connectivity index (χ0v) is 11.9. The number of halogens is 1. The first-order chi connectivity index (χ1) is 9.16. The molecular weight excluding hydrogens is 256 g/mol. The van der Waals surface area contributed by atoms with E-state index in [0.29, 0.717) is 0 Å². The van der Waals surface area contributed by atoms with Crippen LogP contribution in [0.4, 0.5) is 5.69 Å². The number of benzene rings is 2. The van der Waals surface area contributed by atoms with E-state index in [-0.39, 0.29) is 0 Å². The zero-order chi connectivity index (χ0) is 13.7. The zero-order valence-electron chi connectivity index (χ0n) is 11.1. The van der Waals surface area contributed by atoms with Gasteiger partial charge < -0.3 is 10.6 Å². The van der Waals surface area contributed by atoms with Crippen LogP contribution in [-0.2, 0) is 13.0 Å². The minimum atomic E-state index is 0.742. The Hall–Kier alpha value is -1.51. The van der Waals surface area contributed by atoms with Gasteiger partial charge in [-0.25, -0.2) is 0 Å². The normalized spacial score (nSPS) is 10.9. The number of nitrogens with two attached hydrogens (primary N) is 1. The van der Waals surface area contributed by atoms with E-state index < -0.39 is 0 Å². The second kappa shape index (κ2) is 6.60. The van der Waals surface area contributed by atoms with Gasteiger partial charge in [-0.05, 0) is 31.2 Å². The van der Waals surface area contributed by atoms with Crippen LogP contribution in [0.1, 0.15) is 11.1 Å². The summed E-state index contributed by atoms with van der Waals surface area (Å²) in [6.07, 6.45) is 1.03. The molecule has 0 aromatic heterocycles. The first-order valence-corrected chi connectivity index (χ1v) is 6.80. The minimum Gasteiger partial charge on any atom is -0.398 e. The van der Waals surface area contributed by atoms with Crippen LogP contribution in [0.2, 0.25) is 5.02 Å². The molecule has 0 saturated heterocycles. The van der Waals surface area contributed by atoms with E-state index in [1.54, 1.807) is 0 Å². The molecule has 2 nitrogen and oxygen atoms in total. The van der Waals surface area contributed by atoms with Crippen LogP contribution in [0.5, 0.6) is 0 Å². The average molecular weight is 275 g/mol. The van der Waals surface area contributed by atoms with Gasteiger partial charge in [0.2, 0.25) is 0 Å². The molecule has 0 aliphatic carbocycles. The number of nitrogen functional groups attached to an aromatic ring is 1. The van der Waals surface area contributed by atoms with Crippen LogP contribution in [0.25, 0.3) is 0 Å². The SMILES string of the molecule is CN(CCc1ccccc1)Cc1c(N)cccc1Cl. The van der Waals surface area contributed by atoms with Gasteiger partial charge in [-0.15, -0.1) is 0 Å². The highest BCUT2D eigenvalue weighted by molar-refractivity contribution is 6.31. The van der Waals surface area contributed by atoms with Crippen molar-refractivity contribution in [2.75, 3.05) is 19.3 Å². The fourth-order valence-electron chi connectivity index (χ4n) is 2.06. The standard InChI is InChI=1S/C16H19ClN2/c1-19(11-10-13-6-3-2-4-7-13)12-14-15(17)8-5-9-16(14)18/h2-9H,10-12,18H2,1H3. The van der Waals surface area contributed by atoms with Crippen LogP contribution < -0.4 is 5.73 Å². The quantitative estimate of drug-likeness (QED) is 0.844. The summed E-state index contributed by atoms with van der Waals surface area (Å²) in [7, 11) is 2.09. The van der Waals surface area contributed by atoms with Crippen LogP contribution in [0, 0.1) is 0 Å². The second-order valence-electron chi connectivity index (χ2n) is 4.78. The van der Waals surface area contributed by atoms with Gasteiger partial charge in [0, 0.05) is 29.4 Å². The molecule has 2 N–H and O–H groups in total. The molecule has 0 radical (unpaired) electrons.